The van der Waals surface area contributed by atoms with Gasteiger partial charge in [0.2, 0.25) is 5.89 Å². The predicted molar refractivity (Wildman–Crippen MR) is 37.8 cm³/mol. The van der Waals surface area contributed by atoms with Gasteiger partial charge in [-0.05, 0) is 12.3 Å². The van der Waals surface area contributed by atoms with Gasteiger partial charge in [0.15, 0.2) is 0 Å². The highest BCUT2D eigenvalue weighted by Crippen LogP contribution is 2.46. The topological polar surface area (TPSA) is 76.2 Å². The van der Waals surface area contributed by atoms with E-state index >= 15 is 0 Å². The van der Waals surface area contributed by atoms with Gasteiger partial charge in [-0.3, -0.25) is 0 Å². The number of carbonyl (C=O) groups is 1. The Labute approximate surface area is 68.4 Å². The Kier molecular flexibility index (Phi) is 1.39. The van der Waals surface area contributed by atoms with Crippen LogP contribution in [-0.4, -0.2) is 21.3 Å². The fourth-order valence-electron chi connectivity index (χ4n) is 1.14. The lowest BCUT2D eigenvalue weighted by Crippen LogP contribution is -1.95. The Hall–Kier alpha value is -1.39. The third kappa shape index (κ3) is 1.07. The molecule has 0 saturated heterocycles. The van der Waals surface area contributed by atoms with Crippen molar-refractivity contribution >= 4 is 5.97 Å². The molecule has 2 unspecified atom stereocenters. The number of aromatic nitrogens is 2. The van der Waals surface area contributed by atoms with E-state index in [9.17, 15) is 4.79 Å². The van der Waals surface area contributed by atoms with Gasteiger partial charge in [0.25, 0.3) is 0 Å². The zero-order valence-corrected chi connectivity index (χ0v) is 6.52. The summed E-state index contributed by atoms with van der Waals surface area (Å²) in [5, 5.41) is 15.5. The van der Waals surface area contributed by atoms with Gasteiger partial charge in [0.05, 0.1) is 0 Å². The smallest absolute Gasteiger partial charge is 0.393 e. The van der Waals surface area contributed by atoms with Gasteiger partial charge >= 0.3 is 11.9 Å². The van der Waals surface area contributed by atoms with E-state index in [1.54, 1.807) is 0 Å². The maximum Gasteiger partial charge on any atom is 0.393 e. The van der Waals surface area contributed by atoms with E-state index in [-0.39, 0.29) is 11.8 Å². The van der Waals surface area contributed by atoms with E-state index in [2.05, 4.69) is 17.1 Å². The average molecular weight is 168 g/mol. The molecule has 1 saturated carbocycles. The molecule has 5 heteroatoms. The summed E-state index contributed by atoms with van der Waals surface area (Å²) in [5.41, 5.74) is 0. The third-order valence-electron chi connectivity index (χ3n) is 2.05. The van der Waals surface area contributed by atoms with Crippen molar-refractivity contribution in [1.29, 1.82) is 0 Å². The van der Waals surface area contributed by atoms with Crippen LogP contribution in [0.5, 0.6) is 0 Å². The van der Waals surface area contributed by atoms with E-state index < -0.39 is 5.97 Å². The van der Waals surface area contributed by atoms with Crippen LogP contribution in [0.3, 0.4) is 0 Å². The number of carboxylic acids is 1. The Morgan fingerprint density at radius 1 is 1.67 bits per heavy atom. The molecule has 2 atom stereocenters. The molecule has 64 valence electrons. The van der Waals surface area contributed by atoms with Gasteiger partial charge in [-0.25, -0.2) is 4.79 Å². The van der Waals surface area contributed by atoms with E-state index in [1.807, 2.05) is 0 Å². The van der Waals surface area contributed by atoms with E-state index in [0.717, 1.165) is 6.42 Å². The molecule has 1 fully saturated rings. The predicted octanol–water partition coefficient (Wildman–Crippen LogP) is 0.891. The van der Waals surface area contributed by atoms with Crippen LogP contribution in [0.1, 0.15) is 35.8 Å². The number of aromatic carboxylic acids is 1. The van der Waals surface area contributed by atoms with Gasteiger partial charge in [0.1, 0.15) is 0 Å². The molecule has 0 amide bonds. The minimum absolute atomic E-state index is 0.283. The molecule has 0 bridgehead atoms. The molecule has 1 N–H and O–H groups in total. The summed E-state index contributed by atoms with van der Waals surface area (Å²) in [6.45, 7) is 2.06. The Morgan fingerprint density at radius 3 is 2.75 bits per heavy atom. The first-order chi connectivity index (χ1) is 5.68. The first kappa shape index (κ1) is 7.27. The standard InChI is InChI=1S/C7H8N2O3/c1-3-2-4(3)5-8-9-6(12-5)7(10)11/h3-4H,2H2,1H3,(H,10,11). The lowest BCUT2D eigenvalue weighted by Gasteiger charge is -1.84. The van der Waals surface area contributed by atoms with Crippen LogP contribution in [0.2, 0.25) is 0 Å². The highest BCUT2D eigenvalue weighted by Gasteiger charge is 2.39. The summed E-state index contributed by atoms with van der Waals surface area (Å²) < 4.78 is 4.92. The molecule has 1 aliphatic carbocycles. The summed E-state index contributed by atoms with van der Waals surface area (Å²) in [7, 11) is 0. The number of hydrogen-bond donors (Lipinski definition) is 1. The molecule has 0 aromatic carbocycles. The van der Waals surface area contributed by atoms with Gasteiger partial charge < -0.3 is 9.52 Å². The monoisotopic (exact) mass is 168 g/mol. The molecular formula is C7H8N2O3. The lowest BCUT2D eigenvalue weighted by molar-refractivity contribution is 0.0651. The van der Waals surface area contributed by atoms with Gasteiger partial charge in [-0.2, -0.15) is 0 Å². The highest BCUT2D eigenvalue weighted by molar-refractivity contribution is 5.81. The third-order valence-corrected chi connectivity index (χ3v) is 2.05. The Bertz CT molecular complexity index is 320. The van der Waals surface area contributed by atoms with Crippen molar-refractivity contribution in [1.82, 2.24) is 10.2 Å². The fraction of sp³-hybridized carbons (Fsp3) is 0.571. The van der Waals surface area contributed by atoms with Crippen LogP contribution < -0.4 is 0 Å². The molecule has 0 radical (unpaired) electrons. The zero-order chi connectivity index (χ0) is 8.72. The molecule has 1 heterocycles. The Balaban J connectivity index is 2.19. The van der Waals surface area contributed by atoms with Crippen molar-refractivity contribution < 1.29 is 14.3 Å². The van der Waals surface area contributed by atoms with Crippen LogP contribution in [0, 0.1) is 5.92 Å². The summed E-state index contributed by atoms with van der Waals surface area (Å²) in [6, 6.07) is 0. The number of rotatable bonds is 2. The lowest BCUT2D eigenvalue weighted by atomic mass is 10.3. The van der Waals surface area contributed by atoms with E-state index in [0.29, 0.717) is 11.8 Å². The second-order valence-corrected chi connectivity index (χ2v) is 3.07. The molecule has 0 aliphatic heterocycles. The number of carboxylic acid groups (broad SMARTS) is 1. The quantitative estimate of drug-likeness (QED) is 0.709. The zero-order valence-electron chi connectivity index (χ0n) is 6.52. The van der Waals surface area contributed by atoms with Gasteiger partial charge in [0, 0.05) is 5.92 Å². The van der Waals surface area contributed by atoms with Crippen LogP contribution in [0.15, 0.2) is 4.42 Å². The molecule has 1 aliphatic rings. The van der Waals surface area contributed by atoms with Crippen molar-refractivity contribution in [2.75, 3.05) is 0 Å². The normalized spacial score (nSPS) is 27.1. The van der Waals surface area contributed by atoms with Crippen LogP contribution >= 0.6 is 0 Å². The summed E-state index contributed by atoms with van der Waals surface area (Å²) in [4.78, 5) is 10.3. The molecule has 5 nitrogen and oxygen atoms in total. The van der Waals surface area contributed by atoms with Crippen molar-refractivity contribution in [3.63, 3.8) is 0 Å². The van der Waals surface area contributed by atoms with Crippen molar-refractivity contribution in [2.24, 2.45) is 5.92 Å². The summed E-state index contributed by atoms with van der Waals surface area (Å²) >= 11 is 0. The maximum atomic E-state index is 10.3. The minimum Gasteiger partial charge on any atom is -0.474 e. The molecule has 0 spiro atoms. The summed E-state index contributed by atoms with van der Waals surface area (Å²) in [5.74, 6) is -0.191. The van der Waals surface area contributed by atoms with Crippen LogP contribution in [0.25, 0.3) is 0 Å². The Morgan fingerprint density at radius 2 is 2.33 bits per heavy atom. The minimum atomic E-state index is -1.16. The van der Waals surface area contributed by atoms with E-state index in [1.165, 1.54) is 0 Å². The summed E-state index contributed by atoms with van der Waals surface area (Å²) in [6.07, 6.45) is 1.02. The van der Waals surface area contributed by atoms with Gasteiger partial charge in [-0.1, -0.05) is 6.92 Å². The molecule has 2 rings (SSSR count). The van der Waals surface area contributed by atoms with Crippen molar-refractivity contribution in [2.45, 2.75) is 19.3 Å². The molecular weight excluding hydrogens is 160 g/mol. The van der Waals surface area contributed by atoms with Gasteiger partial charge in [-0.15, -0.1) is 10.2 Å². The van der Waals surface area contributed by atoms with Crippen molar-refractivity contribution in [3.05, 3.63) is 11.8 Å². The molecule has 1 aromatic rings. The second kappa shape index (κ2) is 2.30. The first-order valence-corrected chi connectivity index (χ1v) is 3.75. The molecule has 1 aromatic heterocycles. The maximum absolute atomic E-state index is 10.3. The molecule has 12 heavy (non-hydrogen) atoms. The van der Waals surface area contributed by atoms with E-state index in [4.69, 9.17) is 9.52 Å². The van der Waals surface area contributed by atoms with Crippen LogP contribution in [0.4, 0.5) is 0 Å². The largest absolute Gasteiger partial charge is 0.474 e. The number of nitrogens with zero attached hydrogens (tertiary/aromatic N) is 2. The highest BCUT2D eigenvalue weighted by atomic mass is 16.4. The van der Waals surface area contributed by atoms with Crippen molar-refractivity contribution in [3.8, 4) is 0 Å². The first-order valence-electron chi connectivity index (χ1n) is 3.75. The SMILES string of the molecule is CC1CC1c1nnc(C(=O)O)o1. The fourth-order valence-corrected chi connectivity index (χ4v) is 1.14. The second-order valence-electron chi connectivity index (χ2n) is 3.07. The average Bonchev–Trinajstić information content (AvgIpc) is 2.59. The number of hydrogen-bond acceptors (Lipinski definition) is 4. The van der Waals surface area contributed by atoms with Crippen LogP contribution in [-0.2, 0) is 0 Å².